The second-order valence-electron chi connectivity index (χ2n) is 5.99. The Morgan fingerprint density at radius 1 is 1.26 bits per heavy atom. The van der Waals surface area contributed by atoms with Crippen molar-refractivity contribution in [3.63, 3.8) is 0 Å². The van der Waals surface area contributed by atoms with Crippen molar-refractivity contribution < 1.29 is 19.2 Å². The van der Waals surface area contributed by atoms with Crippen LogP contribution in [0.1, 0.15) is 34.1 Å². The molecule has 0 saturated carbocycles. The van der Waals surface area contributed by atoms with E-state index in [4.69, 9.17) is 4.74 Å². The van der Waals surface area contributed by atoms with Gasteiger partial charge in [0.25, 0.3) is 5.69 Å². The molecule has 3 rings (SSSR count). The Labute approximate surface area is 159 Å². The number of thiophene rings is 1. The Morgan fingerprint density at radius 2 is 2.00 bits per heavy atom. The Kier molecular flexibility index (Phi) is 5.70. The number of rotatable bonds is 7. The summed E-state index contributed by atoms with van der Waals surface area (Å²) in [7, 11) is 0. The van der Waals surface area contributed by atoms with E-state index in [9.17, 15) is 19.7 Å². The van der Waals surface area contributed by atoms with Crippen molar-refractivity contribution in [3.8, 4) is 0 Å². The summed E-state index contributed by atoms with van der Waals surface area (Å²) in [5, 5.41) is 16.9. The van der Waals surface area contributed by atoms with Gasteiger partial charge in [0.05, 0.1) is 23.6 Å². The summed E-state index contributed by atoms with van der Waals surface area (Å²) in [5.41, 5.74) is 2.03. The fraction of sp³-hybridized carbons (Fsp3) is 0.333. The molecular weight excluding hydrogens is 370 g/mol. The number of fused-ring (bicyclic) bond motifs is 1. The predicted molar refractivity (Wildman–Crippen MR) is 103 cm³/mol. The van der Waals surface area contributed by atoms with Gasteiger partial charge >= 0.3 is 5.97 Å². The maximum Gasteiger partial charge on any atom is 0.341 e. The number of hydrogen-bond donors (Lipinski definition) is 2. The zero-order valence-electron chi connectivity index (χ0n) is 14.7. The maximum absolute atomic E-state index is 12.3. The van der Waals surface area contributed by atoms with Gasteiger partial charge in [0.1, 0.15) is 5.00 Å². The highest BCUT2D eigenvalue weighted by atomic mass is 32.1. The molecule has 1 aliphatic carbocycles. The van der Waals surface area contributed by atoms with Crippen molar-refractivity contribution in [2.75, 3.05) is 23.8 Å². The highest BCUT2D eigenvalue weighted by Gasteiger charge is 2.28. The summed E-state index contributed by atoms with van der Waals surface area (Å²) in [6, 6.07) is 5.80. The van der Waals surface area contributed by atoms with Crippen LogP contribution in [0.5, 0.6) is 0 Å². The van der Waals surface area contributed by atoms with Crippen LogP contribution in [-0.4, -0.2) is 30.0 Å². The van der Waals surface area contributed by atoms with E-state index >= 15 is 0 Å². The molecule has 1 heterocycles. The SMILES string of the molecule is CCOC(=O)c1c(NC(=O)CNc2ccc([N+](=O)[O-])cc2)sc2c1CCC2. The van der Waals surface area contributed by atoms with Crippen LogP contribution in [0.15, 0.2) is 24.3 Å². The van der Waals surface area contributed by atoms with E-state index in [1.165, 1.54) is 35.6 Å². The smallest absolute Gasteiger partial charge is 0.341 e. The number of non-ortho nitro benzene ring substituents is 1. The second-order valence-corrected chi connectivity index (χ2v) is 7.09. The van der Waals surface area contributed by atoms with Gasteiger partial charge in [-0.2, -0.15) is 0 Å². The van der Waals surface area contributed by atoms with Crippen molar-refractivity contribution in [2.45, 2.75) is 26.2 Å². The molecule has 8 nitrogen and oxygen atoms in total. The number of carbonyl (C=O) groups is 2. The minimum atomic E-state index is -0.483. The van der Waals surface area contributed by atoms with Gasteiger partial charge in [-0.1, -0.05) is 0 Å². The summed E-state index contributed by atoms with van der Waals surface area (Å²) in [6.07, 6.45) is 2.73. The van der Waals surface area contributed by atoms with Crippen LogP contribution >= 0.6 is 11.3 Å². The number of nitro groups is 1. The molecule has 0 atom stereocenters. The Bertz CT molecular complexity index is 876. The summed E-state index contributed by atoms with van der Waals surface area (Å²) < 4.78 is 5.14. The monoisotopic (exact) mass is 389 g/mol. The average Bonchev–Trinajstić information content (AvgIpc) is 3.21. The van der Waals surface area contributed by atoms with Crippen molar-refractivity contribution in [3.05, 3.63) is 50.4 Å². The fourth-order valence-corrected chi connectivity index (χ4v) is 4.26. The van der Waals surface area contributed by atoms with Crippen LogP contribution in [0, 0.1) is 10.1 Å². The molecule has 1 aromatic carbocycles. The van der Waals surface area contributed by atoms with Crippen molar-refractivity contribution in [1.29, 1.82) is 0 Å². The number of anilines is 2. The Morgan fingerprint density at radius 3 is 2.67 bits per heavy atom. The van der Waals surface area contributed by atoms with E-state index in [1.807, 2.05) is 0 Å². The second kappa shape index (κ2) is 8.17. The third-order valence-corrected chi connectivity index (χ3v) is 5.39. The minimum Gasteiger partial charge on any atom is -0.462 e. The van der Waals surface area contributed by atoms with Gasteiger partial charge < -0.3 is 15.4 Å². The topological polar surface area (TPSA) is 111 Å². The molecule has 1 amide bonds. The Balaban J connectivity index is 1.65. The normalized spacial score (nSPS) is 12.3. The standard InChI is InChI=1S/C18H19N3O5S/c1-2-26-18(23)16-13-4-3-5-14(13)27-17(16)20-15(22)10-19-11-6-8-12(9-7-11)21(24)25/h6-9,19H,2-5,10H2,1H3,(H,20,22). The molecular formula is C18H19N3O5S. The predicted octanol–water partition coefficient (Wildman–Crippen LogP) is 3.37. The quantitative estimate of drug-likeness (QED) is 0.427. The van der Waals surface area contributed by atoms with E-state index in [1.54, 1.807) is 6.92 Å². The van der Waals surface area contributed by atoms with Crippen LogP contribution < -0.4 is 10.6 Å². The molecule has 1 aliphatic rings. The molecule has 2 N–H and O–H groups in total. The van der Waals surface area contributed by atoms with Gasteiger partial charge in [0, 0.05) is 22.7 Å². The van der Waals surface area contributed by atoms with Gasteiger partial charge in [0.15, 0.2) is 0 Å². The molecule has 1 aromatic heterocycles. The van der Waals surface area contributed by atoms with Crippen LogP contribution in [-0.2, 0) is 22.4 Å². The van der Waals surface area contributed by atoms with Crippen molar-refractivity contribution in [1.82, 2.24) is 0 Å². The van der Waals surface area contributed by atoms with E-state index in [-0.39, 0.29) is 24.7 Å². The summed E-state index contributed by atoms with van der Waals surface area (Å²) in [4.78, 5) is 35.9. The number of nitrogens with one attached hydrogen (secondary N) is 2. The number of nitrogens with zero attached hydrogens (tertiary/aromatic N) is 1. The van der Waals surface area contributed by atoms with Crippen LogP contribution in [0.2, 0.25) is 0 Å². The lowest BCUT2D eigenvalue weighted by atomic mass is 10.1. The zero-order chi connectivity index (χ0) is 19.4. The highest BCUT2D eigenvalue weighted by Crippen LogP contribution is 2.39. The average molecular weight is 389 g/mol. The first kappa shape index (κ1) is 18.8. The summed E-state index contributed by atoms with van der Waals surface area (Å²) in [5.74, 6) is -0.714. The number of benzene rings is 1. The molecule has 0 spiro atoms. The largest absolute Gasteiger partial charge is 0.462 e. The molecule has 142 valence electrons. The minimum absolute atomic E-state index is 0.0165. The van der Waals surface area contributed by atoms with Crippen LogP contribution in [0.25, 0.3) is 0 Å². The number of ether oxygens (including phenoxy) is 1. The van der Waals surface area contributed by atoms with E-state index in [0.717, 1.165) is 29.7 Å². The number of amides is 1. The first-order chi connectivity index (χ1) is 13.0. The Hall–Kier alpha value is -2.94. The number of carbonyl (C=O) groups excluding carboxylic acids is 2. The lowest BCUT2D eigenvalue weighted by molar-refractivity contribution is -0.384. The number of esters is 1. The number of hydrogen-bond acceptors (Lipinski definition) is 7. The lowest BCUT2D eigenvalue weighted by Crippen LogP contribution is -2.22. The highest BCUT2D eigenvalue weighted by molar-refractivity contribution is 7.17. The van der Waals surface area contributed by atoms with E-state index < -0.39 is 10.9 Å². The molecule has 0 radical (unpaired) electrons. The van der Waals surface area contributed by atoms with Gasteiger partial charge in [0.2, 0.25) is 5.91 Å². The molecule has 0 bridgehead atoms. The third-order valence-electron chi connectivity index (χ3n) is 4.19. The van der Waals surface area contributed by atoms with Gasteiger partial charge in [-0.3, -0.25) is 14.9 Å². The molecule has 0 fully saturated rings. The van der Waals surface area contributed by atoms with Crippen molar-refractivity contribution in [2.24, 2.45) is 0 Å². The zero-order valence-corrected chi connectivity index (χ0v) is 15.6. The van der Waals surface area contributed by atoms with E-state index in [2.05, 4.69) is 10.6 Å². The van der Waals surface area contributed by atoms with Gasteiger partial charge in [-0.15, -0.1) is 11.3 Å². The van der Waals surface area contributed by atoms with Crippen LogP contribution in [0.3, 0.4) is 0 Å². The third kappa shape index (κ3) is 4.25. The molecule has 2 aromatic rings. The maximum atomic E-state index is 12.3. The van der Waals surface area contributed by atoms with Crippen molar-refractivity contribution >= 4 is 39.6 Å². The van der Waals surface area contributed by atoms with Gasteiger partial charge in [-0.25, -0.2) is 4.79 Å². The molecule has 27 heavy (non-hydrogen) atoms. The molecule has 0 unspecified atom stereocenters. The molecule has 9 heteroatoms. The number of nitro benzene ring substituents is 1. The number of aryl methyl sites for hydroxylation is 1. The summed E-state index contributed by atoms with van der Waals surface area (Å²) >= 11 is 1.42. The molecule has 0 saturated heterocycles. The first-order valence-electron chi connectivity index (χ1n) is 8.59. The van der Waals surface area contributed by atoms with E-state index in [0.29, 0.717) is 16.3 Å². The lowest BCUT2D eigenvalue weighted by Gasteiger charge is -2.09. The van der Waals surface area contributed by atoms with Gasteiger partial charge in [-0.05, 0) is 43.9 Å². The van der Waals surface area contributed by atoms with Crippen LogP contribution in [0.4, 0.5) is 16.4 Å². The summed E-state index contributed by atoms with van der Waals surface area (Å²) in [6.45, 7) is 2.00. The molecule has 0 aliphatic heterocycles. The fourth-order valence-electron chi connectivity index (χ4n) is 2.97. The first-order valence-corrected chi connectivity index (χ1v) is 9.41.